The van der Waals surface area contributed by atoms with E-state index >= 15 is 0 Å². The molecule has 1 aromatic carbocycles. The van der Waals surface area contributed by atoms with Crippen LogP contribution < -0.4 is 16.4 Å². The second-order valence-electron chi connectivity index (χ2n) is 5.12. The molecule has 0 aliphatic carbocycles. The van der Waals surface area contributed by atoms with Gasteiger partial charge in [0.25, 0.3) is 0 Å². The Hall–Kier alpha value is -2.10. The molecule has 6 N–H and O–H groups in total. The highest BCUT2D eigenvalue weighted by Gasteiger charge is 2.27. The van der Waals surface area contributed by atoms with Crippen LogP contribution in [0.5, 0.6) is 0 Å². The molecule has 0 aliphatic heterocycles. The minimum Gasteiger partial charge on any atom is -0.480 e. The van der Waals surface area contributed by atoms with Crippen molar-refractivity contribution in [3.63, 3.8) is 0 Å². The third-order valence-corrected chi connectivity index (χ3v) is 3.64. The van der Waals surface area contributed by atoms with Crippen molar-refractivity contribution in [3.8, 4) is 0 Å². The maximum atomic E-state index is 12.1. The van der Waals surface area contributed by atoms with Gasteiger partial charge in [-0.2, -0.15) is 12.6 Å². The number of nitrogens with two attached hydrogens (primary N) is 1. The largest absolute Gasteiger partial charge is 0.480 e. The van der Waals surface area contributed by atoms with E-state index in [1.807, 2.05) is 0 Å². The first-order chi connectivity index (χ1) is 11.4. The van der Waals surface area contributed by atoms with Crippen molar-refractivity contribution >= 4 is 30.4 Å². The summed E-state index contributed by atoms with van der Waals surface area (Å²) < 4.78 is 0. The number of nitrogens with one attached hydrogen (secondary N) is 2. The topological polar surface area (TPSA) is 142 Å². The number of carbonyl (C=O) groups is 3. The number of benzene rings is 1. The molecule has 2 amide bonds. The van der Waals surface area contributed by atoms with Gasteiger partial charge in [0.2, 0.25) is 11.8 Å². The first kappa shape index (κ1) is 19.9. The zero-order valence-electron chi connectivity index (χ0n) is 12.9. The minimum absolute atomic E-state index is 0.0668. The number of hydrogen-bond donors (Lipinski definition) is 6. The van der Waals surface area contributed by atoms with Crippen LogP contribution in [0, 0.1) is 0 Å². The number of thiol groups is 1. The Morgan fingerprint density at radius 3 is 2.17 bits per heavy atom. The van der Waals surface area contributed by atoms with Gasteiger partial charge in [-0.3, -0.25) is 9.59 Å². The Morgan fingerprint density at radius 2 is 1.67 bits per heavy atom. The molecule has 1 rings (SSSR count). The Balaban J connectivity index is 2.72. The van der Waals surface area contributed by atoms with Gasteiger partial charge in [-0.15, -0.1) is 0 Å². The number of rotatable bonds is 9. The molecule has 8 nitrogen and oxygen atoms in total. The summed E-state index contributed by atoms with van der Waals surface area (Å²) in [6.07, 6.45) is 0.0736. The third kappa shape index (κ3) is 6.19. The molecule has 0 spiro atoms. The highest BCUT2D eigenvalue weighted by Crippen LogP contribution is 2.04. The molecule has 3 unspecified atom stereocenters. The summed E-state index contributed by atoms with van der Waals surface area (Å²) >= 11 is 3.87. The van der Waals surface area contributed by atoms with Crippen LogP contribution in [0.25, 0.3) is 0 Å². The van der Waals surface area contributed by atoms with Gasteiger partial charge < -0.3 is 26.6 Å². The van der Waals surface area contributed by atoms with Crippen LogP contribution in [0.1, 0.15) is 5.56 Å². The van der Waals surface area contributed by atoms with Crippen LogP contribution >= 0.6 is 12.6 Å². The SMILES string of the molecule is NC(CS)C(=O)NC(CO)C(=O)NC(Cc1ccccc1)C(=O)O. The van der Waals surface area contributed by atoms with E-state index in [9.17, 15) is 24.6 Å². The minimum atomic E-state index is -1.29. The van der Waals surface area contributed by atoms with Crippen molar-refractivity contribution in [3.05, 3.63) is 35.9 Å². The van der Waals surface area contributed by atoms with E-state index in [4.69, 9.17) is 5.73 Å². The molecule has 0 aromatic heterocycles. The lowest BCUT2D eigenvalue weighted by molar-refractivity contribution is -0.142. The van der Waals surface area contributed by atoms with Crippen LogP contribution in [0.2, 0.25) is 0 Å². The van der Waals surface area contributed by atoms with Crippen molar-refractivity contribution in [2.45, 2.75) is 24.5 Å². The zero-order chi connectivity index (χ0) is 18.1. The van der Waals surface area contributed by atoms with Gasteiger partial charge in [-0.25, -0.2) is 4.79 Å². The van der Waals surface area contributed by atoms with Crippen molar-refractivity contribution in [2.24, 2.45) is 5.73 Å². The Labute approximate surface area is 144 Å². The summed E-state index contributed by atoms with van der Waals surface area (Å²) in [6.45, 7) is -0.686. The highest BCUT2D eigenvalue weighted by molar-refractivity contribution is 7.80. The molecule has 3 atom stereocenters. The van der Waals surface area contributed by atoms with E-state index < -0.39 is 42.5 Å². The predicted octanol–water partition coefficient (Wildman–Crippen LogP) is -1.47. The second kappa shape index (κ2) is 9.91. The number of carbonyl (C=O) groups excluding carboxylic acids is 2. The van der Waals surface area contributed by atoms with E-state index in [0.717, 1.165) is 5.56 Å². The van der Waals surface area contributed by atoms with Crippen LogP contribution in [0.15, 0.2) is 30.3 Å². The average Bonchev–Trinajstić information content (AvgIpc) is 2.58. The number of aliphatic hydroxyl groups is 1. The van der Waals surface area contributed by atoms with E-state index in [0.29, 0.717) is 0 Å². The Bertz CT molecular complexity index is 569. The molecule has 0 aliphatic rings. The lowest BCUT2D eigenvalue weighted by Crippen LogP contribution is -2.56. The molecule has 24 heavy (non-hydrogen) atoms. The molecule has 0 bridgehead atoms. The zero-order valence-corrected chi connectivity index (χ0v) is 13.8. The predicted molar refractivity (Wildman–Crippen MR) is 90.6 cm³/mol. The first-order valence-electron chi connectivity index (χ1n) is 7.23. The quantitative estimate of drug-likeness (QED) is 0.299. The normalized spacial score (nSPS) is 14.3. The van der Waals surface area contributed by atoms with E-state index in [2.05, 4.69) is 23.3 Å². The van der Waals surface area contributed by atoms with Gasteiger partial charge in [-0.05, 0) is 5.56 Å². The van der Waals surface area contributed by atoms with Crippen LogP contribution in [-0.4, -0.2) is 58.5 Å². The van der Waals surface area contributed by atoms with Crippen molar-refractivity contribution in [1.82, 2.24) is 10.6 Å². The summed E-state index contributed by atoms with van der Waals surface area (Å²) in [5.41, 5.74) is 6.20. The van der Waals surface area contributed by atoms with Gasteiger partial charge in [0.1, 0.15) is 12.1 Å². The maximum absolute atomic E-state index is 12.1. The fraction of sp³-hybridized carbons (Fsp3) is 0.400. The third-order valence-electron chi connectivity index (χ3n) is 3.25. The standard InChI is InChI=1S/C15H21N3O5S/c16-10(8-24)13(20)18-12(7-19)14(21)17-11(15(22)23)6-9-4-2-1-3-5-9/h1-5,10-12,19,24H,6-8,16H2,(H,17,21)(H,18,20)(H,22,23). The lowest BCUT2D eigenvalue weighted by atomic mass is 10.1. The van der Waals surface area contributed by atoms with Crippen LogP contribution in [0.4, 0.5) is 0 Å². The summed E-state index contributed by atoms with van der Waals surface area (Å²) in [5.74, 6) is -2.62. The fourth-order valence-corrected chi connectivity index (χ4v) is 2.04. The molecule has 0 radical (unpaired) electrons. The molecule has 9 heteroatoms. The van der Waals surface area contributed by atoms with Crippen molar-refractivity contribution in [2.75, 3.05) is 12.4 Å². The summed E-state index contributed by atoms with van der Waals surface area (Å²) in [4.78, 5) is 35.1. The summed E-state index contributed by atoms with van der Waals surface area (Å²) in [7, 11) is 0. The van der Waals surface area contributed by atoms with Gasteiger partial charge >= 0.3 is 5.97 Å². The highest BCUT2D eigenvalue weighted by atomic mass is 32.1. The molecule has 0 fully saturated rings. The Kier molecular flexibility index (Phi) is 8.24. The number of carboxylic acids is 1. The number of aliphatic carboxylic acids is 1. The molecule has 0 heterocycles. The molecular formula is C15H21N3O5S. The van der Waals surface area contributed by atoms with Gasteiger partial charge in [-0.1, -0.05) is 30.3 Å². The first-order valence-corrected chi connectivity index (χ1v) is 7.87. The molecule has 0 saturated carbocycles. The number of aliphatic hydroxyl groups excluding tert-OH is 1. The molecule has 132 valence electrons. The van der Waals surface area contributed by atoms with Crippen LogP contribution in [0.3, 0.4) is 0 Å². The number of carboxylic acid groups (broad SMARTS) is 1. The maximum Gasteiger partial charge on any atom is 0.326 e. The van der Waals surface area contributed by atoms with Gasteiger partial charge in [0.15, 0.2) is 0 Å². The Morgan fingerprint density at radius 1 is 1.08 bits per heavy atom. The number of amides is 2. The van der Waals surface area contributed by atoms with E-state index in [1.54, 1.807) is 30.3 Å². The van der Waals surface area contributed by atoms with Crippen molar-refractivity contribution < 1.29 is 24.6 Å². The number of hydrogen-bond acceptors (Lipinski definition) is 6. The summed E-state index contributed by atoms with van der Waals surface area (Å²) in [6, 6.07) is 5.36. The van der Waals surface area contributed by atoms with Crippen LogP contribution in [-0.2, 0) is 20.8 Å². The smallest absolute Gasteiger partial charge is 0.326 e. The van der Waals surface area contributed by atoms with Crippen molar-refractivity contribution in [1.29, 1.82) is 0 Å². The van der Waals surface area contributed by atoms with E-state index in [-0.39, 0.29) is 12.2 Å². The van der Waals surface area contributed by atoms with Gasteiger partial charge in [0.05, 0.1) is 12.6 Å². The molecular weight excluding hydrogens is 334 g/mol. The fourth-order valence-electron chi connectivity index (χ4n) is 1.88. The molecule has 1 aromatic rings. The van der Waals surface area contributed by atoms with Gasteiger partial charge in [0, 0.05) is 12.2 Å². The molecule has 0 saturated heterocycles. The second-order valence-corrected chi connectivity index (χ2v) is 5.49. The lowest BCUT2D eigenvalue weighted by Gasteiger charge is -2.21. The monoisotopic (exact) mass is 355 g/mol. The average molecular weight is 355 g/mol. The van der Waals surface area contributed by atoms with E-state index in [1.165, 1.54) is 0 Å². The summed E-state index contributed by atoms with van der Waals surface area (Å²) in [5, 5.41) is 23.1.